The van der Waals surface area contributed by atoms with E-state index in [9.17, 15) is 0 Å². The normalized spacial score (nSPS) is 10.2. The second-order valence-electron chi connectivity index (χ2n) is 6.27. The zero-order valence-corrected chi connectivity index (χ0v) is 18.1. The van der Waals surface area contributed by atoms with Crippen LogP contribution in [0.4, 0.5) is 0 Å². The molecule has 4 aromatic rings. The van der Waals surface area contributed by atoms with E-state index >= 15 is 0 Å². The maximum Gasteiger partial charge on any atom is -0.0195 e. The summed E-state index contributed by atoms with van der Waals surface area (Å²) in [5, 5.41) is 5.74. The zero-order chi connectivity index (χ0) is 19.4. The molecule has 0 aliphatic rings. The van der Waals surface area contributed by atoms with Crippen LogP contribution in [0.3, 0.4) is 0 Å². The van der Waals surface area contributed by atoms with Gasteiger partial charge in [0.25, 0.3) is 0 Å². The molecule has 140 valence electrons. The fraction of sp³-hybridized carbons (Fsp3) is 0.0769. The van der Waals surface area contributed by atoms with Crippen LogP contribution in [0.5, 0.6) is 0 Å². The highest BCUT2D eigenvalue weighted by Crippen LogP contribution is 2.32. The van der Waals surface area contributed by atoms with Crippen LogP contribution in [0, 0.1) is 0 Å². The summed E-state index contributed by atoms with van der Waals surface area (Å²) < 4.78 is 0. The van der Waals surface area contributed by atoms with E-state index < -0.39 is 0 Å². The maximum atomic E-state index is 2.27. The lowest BCUT2D eigenvalue weighted by atomic mass is 10.4. The fourth-order valence-corrected chi connectivity index (χ4v) is 6.08. The van der Waals surface area contributed by atoms with Crippen LogP contribution in [0.1, 0.15) is 6.92 Å². The Hall–Kier alpha value is -2.26. The molecule has 0 amide bonds. The van der Waals surface area contributed by atoms with Crippen LogP contribution in [-0.4, -0.2) is 6.16 Å². The van der Waals surface area contributed by atoms with Gasteiger partial charge in [-0.25, -0.2) is 0 Å². The molecular formula is C26H26P2. The predicted octanol–water partition coefficient (Wildman–Crippen LogP) is 5.46. The topological polar surface area (TPSA) is 0 Å². The van der Waals surface area contributed by atoms with E-state index in [0.717, 1.165) is 8.58 Å². The van der Waals surface area contributed by atoms with Gasteiger partial charge in [0.05, 0.1) is 0 Å². The largest absolute Gasteiger partial charge is 0.0622 e. The first-order valence-electron chi connectivity index (χ1n) is 9.61. The van der Waals surface area contributed by atoms with Crippen molar-refractivity contribution >= 4 is 37.7 Å². The predicted molar refractivity (Wildman–Crippen MR) is 130 cm³/mol. The molecule has 28 heavy (non-hydrogen) atoms. The Labute approximate surface area is 172 Å². The smallest absolute Gasteiger partial charge is 0.0195 e. The summed E-state index contributed by atoms with van der Waals surface area (Å²) in [4.78, 5) is 0. The van der Waals surface area contributed by atoms with Crippen molar-refractivity contribution in [3.05, 3.63) is 121 Å². The second kappa shape index (κ2) is 11.6. The summed E-state index contributed by atoms with van der Waals surface area (Å²) in [6.07, 6.45) is 1.21. The third kappa shape index (κ3) is 6.42. The number of hydrogen-bond donors (Lipinski definition) is 0. The average Bonchev–Trinajstić information content (AvgIpc) is 2.78. The Kier molecular flexibility index (Phi) is 8.45. The van der Waals surface area contributed by atoms with Crippen LogP contribution in [0.25, 0.3) is 0 Å². The second-order valence-corrected chi connectivity index (χ2v) is 10.2. The summed E-state index contributed by atoms with van der Waals surface area (Å²) >= 11 is 0. The monoisotopic (exact) mass is 400 g/mol. The zero-order valence-electron chi connectivity index (χ0n) is 16.2. The van der Waals surface area contributed by atoms with E-state index in [4.69, 9.17) is 0 Å². The van der Waals surface area contributed by atoms with Gasteiger partial charge < -0.3 is 0 Å². The Morgan fingerprint density at radius 3 is 1.14 bits per heavy atom. The summed E-state index contributed by atoms with van der Waals surface area (Å²) in [6.45, 7) is 2.27. The van der Waals surface area contributed by atoms with Gasteiger partial charge in [0.1, 0.15) is 0 Å². The van der Waals surface area contributed by atoms with E-state index in [1.807, 2.05) is 0 Å². The molecule has 4 rings (SSSR count). The minimum atomic E-state index is -0.149. The molecule has 0 saturated carbocycles. The SMILES string of the molecule is CCP(c1ccccc1)c1ccccc1.c1ccc(Pc2ccccc2)cc1. The molecule has 4 aromatic carbocycles. The van der Waals surface area contributed by atoms with Crippen molar-refractivity contribution in [1.29, 1.82) is 0 Å². The quantitative estimate of drug-likeness (QED) is 0.391. The van der Waals surface area contributed by atoms with Crippen molar-refractivity contribution in [1.82, 2.24) is 0 Å². The van der Waals surface area contributed by atoms with Crippen molar-refractivity contribution in [2.24, 2.45) is 0 Å². The first kappa shape index (κ1) is 20.5. The van der Waals surface area contributed by atoms with Gasteiger partial charge in [0.15, 0.2) is 0 Å². The third-order valence-electron chi connectivity index (χ3n) is 4.29. The molecule has 0 atom stereocenters. The van der Waals surface area contributed by atoms with Crippen LogP contribution in [0.2, 0.25) is 0 Å². The Balaban J connectivity index is 0.000000162. The maximum absolute atomic E-state index is 2.27. The minimum absolute atomic E-state index is 0.149. The molecule has 0 radical (unpaired) electrons. The highest BCUT2D eigenvalue weighted by atomic mass is 31.1. The third-order valence-corrected chi connectivity index (χ3v) is 8.01. The van der Waals surface area contributed by atoms with E-state index in [2.05, 4.69) is 128 Å². The van der Waals surface area contributed by atoms with E-state index in [1.165, 1.54) is 27.4 Å². The molecule has 0 unspecified atom stereocenters. The summed E-state index contributed by atoms with van der Waals surface area (Å²) in [5.41, 5.74) is 0. The van der Waals surface area contributed by atoms with Crippen LogP contribution in [-0.2, 0) is 0 Å². The first-order chi connectivity index (χ1) is 13.9. The van der Waals surface area contributed by atoms with Crippen LogP contribution in [0.15, 0.2) is 121 Å². The van der Waals surface area contributed by atoms with Gasteiger partial charge in [0, 0.05) is 0 Å². The molecule has 0 aliphatic heterocycles. The Morgan fingerprint density at radius 2 is 0.821 bits per heavy atom. The molecule has 0 aliphatic carbocycles. The lowest BCUT2D eigenvalue weighted by Crippen LogP contribution is -2.12. The molecule has 0 aromatic heterocycles. The van der Waals surface area contributed by atoms with E-state index in [-0.39, 0.29) is 7.92 Å². The molecule has 0 saturated heterocycles. The van der Waals surface area contributed by atoms with Crippen molar-refractivity contribution in [3.8, 4) is 0 Å². The molecule has 0 bridgehead atoms. The number of hydrogen-bond acceptors (Lipinski definition) is 0. The van der Waals surface area contributed by atoms with Crippen molar-refractivity contribution in [2.75, 3.05) is 6.16 Å². The highest BCUT2D eigenvalue weighted by molar-refractivity contribution is 7.72. The summed E-state index contributed by atoms with van der Waals surface area (Å²) in [5.74, 6) is 0. The van der Waals surface area contributed by atoms with Crippen molar-refractivity contribution < 1.29 is 0 Å². The van der Waals surface area contributed by atoms with Crippen LogP contribution < -0.4 is 21.2 Å². The lowest BCUT2D eigenvalue weighted by molar-refractivity contribution is 1.51. The Bertz CT molecular complexity index is 830. The molecule has 0 N–H and O–H groups in total. The van der Waals surface area contributed by atoms with Gasteiger partial charge in [-0.1, -0.05) is 137 Å². The van der Waals surface area contributed by atoms with Gasteiger partial charge in [-0.3, -0.25) is 0 Å². The minimum Gasteiger partial charge on any atom is -0.0622 e. The molecule has 2 heteroatoms. The van der Waals surface area contributed by atoms with E-state index in [0.29, 0.717) is 0 Å². The summed E-state index contributed by atoms with van der Waals surface area (Å²) in [6, 6.07) is 42.8. The Morgan fingerprint density at radius 1 is 0.500 bits per heavy atom. The summed E-state index contributed by atoms with van der Waals surface area (Å²) in [7, 11) is 0.628. The molecular weight excluding hydrogens is 374 g/mol. The lowest BCUT2D eigenvalue weighted by Gasteiger charge is -2.16. The van der Waals surface area contributed by atoms with Crippen LogP contribution >= 0.6 is 16.5 Å². The highest BCUT2D eigenvalue weighted by Gasteiger charge is 2.09. The van der Waals surface area contributed by atoms with Gasteiger partial charge in [0.2, 0.25) is 0 Å². The molecule has 0 heterocycles. The van der Waals surface area contributed by atoms with E-state index in [1.54, 1.807) is 0 Å². The number of benzene rings is 4. The molecule has 0 fully saturated rings. The molecule has 0 nitrogen and oxygen atoms in total. The van der Waals surface area contributed by atoms with Crippen molar-refractivity contribution in [3.63, 3.8) is 0 Å². The average molecular weight is 400 g/mol. The van der Waals surface area contributed by atoms with Gasteiger partial charge in [-0.15, -0.1) is 0 Å². The number of rotatable bonds is 5. The van der Waals surface area contributed by atoms with Gasteiger partial charge >= 0.3 is 0 Å². The fourth-order valence-electron chi connectivity index (χ4n) is 2.94. The standard InChI is InChI=1S/C14H15P.C12H11P/c1-2-15(13-9-5-3-6-10-13)14-11-7-4-8-12-14;1-3-7-11(8-4-1)13-12-9-5-2-6-10-12/h3-12H,2H2,1H3;1-10,13H. The molecule has 0 spiro atoms. The van der Waals surface area contributed by atoms with Gasteiger partial charge in [-0.05, 0) is 35.3 Å². The van der Waals surface area contributed by atoms with Crippen molar-refractivity contribution in [2.45, 2.75) is 6.92 Å². The van der Waals surface area contributed by atoms with Gasteiger partial charge in [-0.2, -0.15) is 0 Å². The first-order valence-corrected chi connectivity index (χ1v) is 12.1.